The summed E-state index contributed by atoms with van der Waals surface area (Å²) >= 11 is 0. The van der Waals surface area contributed by atoms with E-state index in [4.69, 9.17) is 4.74 Å². The van der Waals surface area contributed by atoms with E-state index >= 15 is 0 Å². The van der Waals surface area contributed by atoms with Crippen molar-refractivity contribution in [3.63, 3.8) is 0 Å². The van der Waals surface area contributed by atoms with Gasteiger partial charge in [-0.3, -0.25) is 9.40 Å². The van der Waals surface area contributed by atoms with E-state index in [9.17, 15) is 8.42 Å². The molecule has 156 valence electrons. The van der Waals surface area contributed by atoms with Crippen LogP contribution < -0.4 is 9.04 Å². The van der Waals surface area contributed by atoms with Gasteiger partial charge in [-0.2, -0.15) is 5.10 Å². The fourth-order valence-electron chi connectivity index (χ4n) is 3.10. The lowest BCUT2D eigenvalue weighted by Gasteiger charge is -2.26. The van der Waals surface area contributed by atoms with Crippen molar-refractivity contribution in [2.45, 2.75) is 72.4 Å². The van der Waals surface area contributed by atoms with Crippen LogP contribution in [-0.2, 0) is 22.0 Å². The van der Waals surface area contributed by atoms with Gasteiger partial charge < -0.3 is 4.74 Å². The Balaban J connectivity index is 2.42. The van der Waals surface area contributed by atoms with Gasteiger partial charge in [-0.1, -0.05) is 40.7 Å². The van der Waals surface area contributed by atoms with Crippen LogP contribution in [0.1, 0.15) is 65.6 Å². The number of aromatic amines is 1. The van der Waals surface area contributed by atoms with E-state index in [0.29, 0.717) is 11.4 Å². The molecule has 1 aromatic carbocycles. The lowest BCUT2D eigenvalue weighted by Crippen LogP contribution is -2.32. The first kappa shape index (κ1) is 22.3. The maximum atomic E-state index is 12.9. The summed E-state index contributed by atoms with van der Waals surface area (Å²) in [5.41, 5.74) is 2.25. The molecule has 0 aliphatic carbocycles. The van der Waals surface area contributed by atoms with Crippen molar-refractivity contribution in [1.82, 2.24) is 10.2 Å². The molecule has 0 saturated heterocycles. The standard InChI is InChI=1S/C21H33N3O3S/c1-7-18(8-2)27-19-12-10-11-17(13-19)24(28(25,26)9-3)15-16-14-22-23-20(16)21(4,5)6/h10-14,18H,7-9,15H2,1-6H3,(H,22,23). The van der Waals surface area contributed by atoms with E-state index < -0.39 is 10.0 Å². The summed E-state index contributed by atoms with van der Waals surface area (Å²) in [5.74, 6) is 0.707. The van der Waals surface area contributed by atoms with Crippen molar-refractivity contribution in [2.75, 3.05) is 10.1 Å². The molecule has 0 aliphatic heterocycles. The summed E-state index contributed by atoms with van der Waals surface area (Å²) in [6.07, 6.45) is 3.64. The van der Waals surface area contributed by atoms with Crippen LogP contribution in [0.25, 0.3) is 0 Å². The number of anilines is 1. The molecule has 0 aliphatic rings. The average Bonchev–Trinajstić information content (AvgIpc) is 3.13. The van der Waals surface area contributed by atoms with E-state index in [1.165, 1.54) is 4.31 Å². The Morgan fingerprint density at radius 1 is 1.18 bits per heavy atom. The van der Waals surface area contributed by atoms with Gasteiger partial charge in [0.25, 0.3) is 0 Å². The predicted molar refractivity (Wildman–Crippen MR) is 114 cm³/mol. The zero-order valence-corrected chi connectivity index (χ0v) is 18.6. The maximum Gasteiger partial charge on any atom is 0.235 e. The van der Waals surface area contributed by atoms with Crippen LogP contribution in [0.2, 0.25) is 0 Å². The first-order valence-electron chi connectivity index (χ1n) is 9.92. The predicted octanol–water partition coefficient (Wildman–Crippen LogP) is 4.63. The number of benzene rings is 1. The van der Waals surface area contributed by atoms with Crippen LogP contribution >= 0.6 is 0 Å². The van der Waals surface area contributed by atoms with Crippen molar-refractivity contribution in [2.24, 2.45) is 0 Å². The number of rotatable bonds is 9. The number of hydrogen-bond acceptors (Lipinski definition) is 4. The molecule has 0 amide bonds. The number of nitrogens with zero attached hydrogens (tertiary/aromatic N) is 2. The Morgan fingerprint density at radius 2 is 1.86 bits per heavy atom. The second-order valence-corrected chi connectivity index (χ2v) is 10.2. The molecule has 28 heavy (non-hydrogen) atoms. The minimum atomic E-state index is -3.47. The second-order valence-electron chi connectivity index (χ2n) is 7.98. The normalized spacial score (nSPS) is 12.4. The van der Waals surface area contributed by atoms with Crippen LogP contribution in [0.3, 0.4) is 0 Å². The van der Waals surface area contributed by atoms with E-state index in [0.717, 1.165) is 24.1 Å². The molecule has 1 aromatic heterocycles. The van der Waals surface area contributed by atoms with Crippen LogP contribution in [-0.4, -0.2) is 30.5 Å². The number of H-pyrrole nitrogens is 1. The van der Waals surface area contributed by atoms with Gasteiger partial charge in [0.2, 0.25) is 10.0 Å². The summed E-state index contributed by atoms with van der Waals surface area (Å²) < 4.78 is 33.2. The molecule has 7 heteroatoms. The Kier molecular flexibility index (Phi) is 7.15. The van der Waals surface area contributed by atoms with Crippen LogP contribution in [0, 0.1) is 0 Å². The average molecular weight is 408 g/mol. The van der Waals surface area contributed by atoms with Crippen molar-refractivity contribution < 1.29 is 13.2 Å². The maximum absolute atomic E-state index is 12.9. The van der Waals surface area contributed by atoms with Crippen LogP contribution in [0.15, 0.2) is 30.5 Å². The number of hydrogen-bond donors (Lipinski definition) is 1. The Labute approximate surface area is 169 Å². The molecule has 0 fully saturated rings. The number of ether oxygens (including phenoxy) is 1. The van der Waals surface area contributed by atoms with Gasteiger partial charge in [-0.05, 0) is 31.9 Å². The highest BCUT2D eigenvalue weighted by molar-refractivity contribution is 7.92. The van der Waals surface area contributed by atoms with Crippen molar-refractivity contribution in [1.29, 1.82) is 0 Å². The largest absolute Gasteiger partial charge is 0.490 e. The summed E-state index contributed by atoms with van der Waals surface area (Å²) in [6.45, 7) is 12.3. The van der Waals surface area contributed by atoms with Crippen molar-refractivity contribution in [3.8, 4) is 5.75 Å². The second kappa shape index (κ2) is 8.99. The Morgan fingerprint density at radius 3 is 2.43 bits per heavy atom. The lowest BCUT2D eigenvalue weighted by molar-refractivity contribution is 0.193. The van der Waals surface area contributed by atoms with Crippen molar-refractivity contribution >= 4 is 15.7 Å². The van der Waals surface area contributed by atoms with Gasteiger partial charge in [-0.15, -0.1) is 0 Å². The Hall–Kier alpha value is -2.02. The molecular formula is C21H33N3O3S. The van der Waals surface area contributed by atoms with E-state index in [1.807, 2.05) is 24.3 Å². The van der Waals surface area contributed by atoms with E-state index in [-0.39, 0.29) is 23.8 Å². The third-order valence-electron chi connectivity index (χ3n) is 4.80. The molecule has 1 heterocycles. The third kappa shape index (κ3) is 5.28. The molecule has 0 saturated carbocycles. The van der Waals surface area contributed by atoms with Gasteiger partial charge >= 0.3 is 0 Å². The molecule has 0 unspecified atom stereocenters. The van der Waals surface area contributed by atoms with Gasteiger partial charge in [0.05, 0.1) is 30.3 Å². The first-order chi connectivity index (χ1) is 13.1. The van der Waals surface area contributed by atoms with E-state index in [2.05, 4.69) is 44.8 Å². The molecular weight excluding hydrogens is 374 g/mol. The smallest absolute Gasteiger partial charge is 0.235 e. The number of nitrogens with one attached hydrogen (secondary N) is 1. The molecule has 0 bridgehead atoms. The summed E-state index contributed by atoms with van der Waals surface area (Å²) in [6, 6.07) is 7.33. The zero-order chi connectivity index (χ0) is 20.9. The van der Waals surface area contributed by atoms with Gasteiger partial charge in [-0.25, -0.2) is 8.42 Å². The van der Waals surface area contributed by atoms with Crippen LogP contribution in [0.5, 0.6) is 5.75 Å². The highest BCUT2D eigenvalue weighted by atomic mass is 32.2. The third-order valence-corrected chi connectivity index (χ3v) is 6.54. The molecule has 2 rings (SSSR count). The Bertz CT molecular complexity index is 865. The van der Waals surface area contributed by atoms with Crippen LogP contribution in [0.4, 0.5) is 5.69 Å². The van der Waals surface area contributed by atoms with Gasteiger partial charge in [0.1, 0.15) is 5.75 Å². The highest BCUT2D eigenvalue weighted by Crippen LogP contribution is 2.30. The topological polar surface area (TPSA) is 75.3 Å². The number of aromatic nitrogens is 2. The van der Waals surface area contributed by atoms with E-state index in [1.54, 1.807) is 13.1 Å². The zero-order valence-electron chi connectivity index (χ0n) is 17.8. The van der Waals surface area contributed by atoms with Crippen molar-refractivity contribution in [3.05, 3.63) is 41.7 Å². The summed E-state index contributed by atoms with van der Waals surface area (Å²) in [7, 11) is -3.47. The fraction of sp³-hybridized carbons (Fsp3) is 0.571. The molecule has 0 atom stereocenters. The SMILES string of the molecule is CCC(CC)Oc1cccc(N(Cc2cn[nH]c2C(C)(C)C)S(=O)(=O)CC)c1. The summed E-state index contributed by atoms with van der Waals surface area (Å²) in [4.78, 5) is 0. The molecule has 1 N–H and O–H groups in total. The highest BCUT2D eigenvalue weighted by Gasteiger charge is 2.26. The molecule has 0 radical (unpaired) electrons. The molecule has 6 nitrogen and oxygen atoms in total. The number of sulfonamides is 1. The molecule has 0 spiro atoms. The quantitative estimate of drug-likeness (QED) is 0.657. The minimum absolute atomic E-state index is 0.0212. The summed E-state index contributed by atoms with van der Waals surface area (Å²) in [5, 5.41) is 7.18. The first-order valence-corrected chi connectivity index (χ1v) is 11.5. The fourth-order valence-corrected chi connectivity index (χ4v) is 4.18. The monoisotopic (exact) mass is 407 g/mol. The van der Waals surface area contributed by atoms with Gasteiger partial charge in [0.15, 0.2) is 0 Å². The van der Waals surface area contributed by atoms with Gasteiger partial charge in [0, 0.05) is 22.7 Å². The molecule has 2 aromatic rings. The minimum Gasteiger partial charge on any atom is -0.490 e. The lowest BCUT2D eigenvalue weighted by atomic mass is 9.89.